The van der Waals surface area contributed by atoms with Crippen LogP contribution in [-0.2, 0) is 6.54 Å². The minimum atomic E-state index is -0.0521. The van der Waals surface area contributed by atoms with Gasteiger partial charge in [-0.2, -0.15) is 5.10 Å². The van der Waals surface area contributed by atoms with Crippen molar-refractivity contribution in [2.75, 3.05) is 0 Å². The van der Waals surface area contributed by atoms with Crippen molar-refractivity contribution < 1.29 is 4.79 Å². The Balaban J connectivity index is 2.04. The molecule has 0 spiro atoms. The minimum Gasteiger partial charge on any atom is -0.348 e. The molecule has 0 bridgehead atoms. The highest BCUT2D eigenvalue weighted by atomic mass is 16.1. The molecule has 1 aromatic carbocycles. The molecule has 1 heterocycles. The van der Waals surface area contributed by atoms with Gasteiger partial charge in [-0.05, 0) is 25.5 Å². The summed E-state index contributed by atoms with van der Waals surface area (Å²) in [5, 5.41) is 9.40. The molecule has 0 atom stereocenters. The van der Waals surface area contributed by atoms with Gasteiger partial charge in [0.15, 0.2) is 0 Å². The van der Waals surface area contributed by atoms with Crippen LogP contribution < -0.4 is 5.32 Å². The molecule has 0 saturated heterocycles. The fourth-order valence-electron chi connectivity index (χ4n) is 1.72. The number of rotatable bonds is 3. The first kappa shape index (κ1) is 11.4. The first-order valence-corrected chi connectivity index (χ1v) is 5.50. The topological polar surface area (TPSA) is 57.8 Å². The van der Waals surface area contributed by atoms with Gasteiger partial charge in [0, 0.05) is 23.9 Å². The summed E-state index contributed by atoms with van der Waals surface area (Å²) in [6.07, 6.45) is 3.46. The van der Waals surface area contributed by atoms with Gasteiger partial charge in [0.05, 0.1) is 6.20 Å². The molecule has 1 amide bonds. The Kier molecular flexibility index (Phi) is 3.23. The van der Waals surface area contributed by atoms with Gasteiger partial charge in [-0.25, -0.2) is 0 Å². The van der Waals surface area contributed by atoms with Gasteiger partial charge in [0.1, 0.15) is 0 Å². The Morgan fingerprint density at radius 3 is 2.88 bits per heavy atom. The zero-order valence-corrected chi connectivity index (χ0v) is 9.95. The first-order chi connectivity index (χ1) is 8.16. The van der Waals surface area contributed by atoms with E-state index in [9.17, 15) is 4.79 Å². The van der Waals surface area contributed by atoms with Gasteiger partial charge in [0.25, 0.3) is 5.91 Å². The third-order valence-electron chi connectivity index (χ3n) is 2.63. The van der Waals surface area contributed by atoms with Gasteiger partial charge in [-0.1, -0.05) is 17.7 Å². The van der Waals surface area contributed by atoms with Crippen LogP contribution in [0.3, 0.4) is 0 Å². The summed E-state index contributed by atoms with van der Waals surface area (Å²) < 4.78 is 0. The van der Waals surface area contributed by atoms with Gasteiger partial charge < -0.3 is 5.32 Å². The molecule has 1 aromatic heterocycles. The van der Waals surface area contributed by atoms with Crippen LogP contribution in [0.4, 0.5) is 0 Å². The average molecular weight is 229 g/mol. The van der Waals surface area contributed by atoms with Crippen molar-refractivity contribution >= 4 is 5.91 Å². The highest BCUT2D eigenvalue weighted by Gasteiger charge is 2.08. The molecule has 88 valence electrons. The van der Waals surface area contributed by atoms with E-state index in [-0.39, 0.29) is 5.91 Å². The number of aryl methyl sites for hydroxylation is 2. The van der Waals surface area contributed by atoms with Crippen LogP contribution in [0.15, 0.2) is 30.6 Å². The Hall–Kier alpha value is -2.10. The average Bonchev–Trinajstić information content (AvgIpc) is 2.78. The maximum Gasteiger partial charge on any atom is 0.251 e. The molecule has 17 heavy (non-hydrogen) atoms. The van der Waals surface area contributed by atoms with Gasteiger partial charge in [-0.15, -0.1) is 0 Å². The summed E-state index contributed by atoms with van der Waals surface area (Å²) in [6.45, 7) is 4.45. The van der Waals surface area contributed by atoms with E-state index in [4.69, 9.17) is 0 Å². The SMILES string of the molecule is Cc1ccc(C(=O)NCc2cn[nH]c2)c(C)c1. The highest BCUT2D eigenvalue weighted by molar-refractivity contribution is 5.95. The number of H-pyrrole nitrogens is 1. The fourth-order valence-corrected chi connectivity index (χ4v) is 1.72. The van der Waals surface area contributed by atoms with Crippen molar-refractivity contribution in [3.05, 3.63) is 52.8 Å². The van der Waals surface area contributed by atoms with Gasteiger partial charge >= 0.3 is 0 Å². The molecule has 0 radical (unpaired) electrons. The fraction of sp³-hybridized carbons (Fsp3) is 0.231. The number of nitrogens with zero attached hydrogens (tertiary/aromatic N) is 1. The molecule has 2 aromatic rings. The van der Waals surface area contributed by atoms with Crippen LogP contribution in [0.1, 0.15) is 27.0 Å². The molecular formula is C13H15N3O. The van der Waals surface area contributed by atoms with E-state index in [1.165, 1.54) is 0 Å². The number of aromatic nitrogens is 2. The lowest BCUT2D eigenvalue weighted by molar-refractivity contribution is 0.0950. The second kappa shape index (κ2) is 4.82. The number of benzene rings is 1. The van der Waals surface area contributed by atoms with E-state index in [1.807, 2.05) is 32.0 Å². The second-order valence-electron chi connectivity index (χ2n) is 4.11. The van der Waals surface area contributed by atoms with Crippen molar-refractivity contribution in [1.82, 2.24) is 15.5 Å². The van der Waals surface area contributed by atoms with Crippen LogP contribution in [0.2, 0.25) is 0 Å². The monoisotopic (exact) mass is 229 g/mol. The Bertz CT molecular complexity index is 517. The predicted octanol–water partition coefficient (Wildman–Crippen LogP) is 1.96. The Morgan fingerprint density at radius 1 is 1.41 bits per heavy atom. The van der Waals surface area contributed by atoms with E-state index in [0.29, 0.717) is 6.54 Å². The van der Waals surface area contributed by atoms with Crippen molar-refractivity contribution in [2.45, 2.75) is 20.4 Å². The van der Waals surface area contributed by atoms with Crippen LogP contribution in [0, 0.1) is 13.8 Å². The lowest BCUT2D eigenvalue weighted by atomic mass is 10.1. The number of hydrogen-bond donors (Lipinski definition) is 2. The summed E-state index contributed by atoms with van der Waals surface area (Å²) in [5.41, 5.74) is 3.84. The maximum absolute atomic E-state index is 11.9. The normalized spacial score (nSPS) is 10.2. The Labute approximate surface area is 100 Å². The summed E-state index contributed by atoms with van der Waals surface area (Å²) in [6, 6.07) is 5.81. The van der Waals surface area contributed by atoms with Crippen molar-refractivity contribution in [2.24, 2.45) is 0 Å². The molecule has 0 fully saturated rings. The van der Waals surface area contributed by atoms with Crippen LogP contribution in [-0.4, -0.2) is 16.1 Å². The lowest BCUT2D eigenvalue weighted by Gasteiger charge is -2.07. The zero-order chi connectivity index (χ0) is 12.3. The summed E-state index contributed by atoms with van der Waals surface area (Å²) in [4.78, 5) is 11.9. The van der Waals surface area contributed by atoms with E-state index in [0.717, 1.165) is 22.3 Å². The van der Waals surface area contributed by atoms with Crippen LogP contribution in [0.25, 0.3) is 0 Å². The zero-order valence-electron chi connectivity index (χ0n) is 9.95. The second-order valence-corrected chi connectivity index (χ2v) is 4.11. The minimum absolute atomic E-state index is 0.0521. The van der Waals surface area contributed by atoms with E-state index < -0.39 is 0 Å². The first-order valence-electron chi connectivity index (χ1n) is 5.50. The number of aromatic amines is 1. The smallest absolute Gasteiger partial charge is 0.251 e. The third-order valence-corrected chi connectivity index (χ3v) is 2.63. The number of amides is 1. The largest absolute Gasteiger partial charge is 0.348 e. The molecule has 4 heteroatoms. The number of carbonyl (C=O) groups excluding carboxylic acids is 1. The summed E-state index contributed by atoms with van der Waals surface area (Å²) in [5.74, 6) is -0.0521. The molecule has 0 aliphatic rings. The number of carbonyl (C=O) groups is 1. The predicted molar refractivity (Wildman–Crippen MR) is 65.7 cm³/mol. The lowest BCUT2D eigenvalue weighted by Crippen LogP contribution is -2.23. The van der Waals surface area contributed by atoms with E-state index in [2.05, 4.69) is 15.5 Å². The van der Waals surface area contributed by atoms with E-state index >= 15 is 0 Å². The molecule has 2 N–H and O–H groups in total. The number of nitrogens with one attached hydrogen (secondary N) is 2. The van der Waals surface area contributed by atoms with Crippen molar-refractivity contribution in [3.8, 4) is 0 Å². The number of hydrogen-bond acceptors (Lipinski definition) is 2. The molecule has 0 saturated carbocycles. The molecule has 0 aliphatic carbocycles. The summed E-state index contributed by atoms with van der Waals surface area (Å²) in [7, 11) is 0. The van der Waals surface area contributed by atoms with Crippen LogP contribution in [0.5, 0.6) is 0 Å². The maximum atomic E-state index is 11.9. The molecule has 2 rings (SSSR count). The van der Waals surface area contributed by atoms with Gasteiger partial charge in [-0.3, -0.25) is 9.89 Å². The summed E-state index contributed by atoms with van der Waals surface area (Å²) >= 11 is 0. The van der Waals surface area contributed by atoms with Crippen LogP contribution >= 0.6 is 0 Å². The molecular weight excluding hydrogens is 214 g/mol. The highest BCUT2D eigenvalue weighted by Crippen LogP contribution is 2.10. The van der Waals surface area contributed by atoms with Gasteiger partial charge in [0.2, 0.25) is 0 Å². The van der Waals surface area contributed by atoms with E-state index in [1.54, 1.807) is 12.4 Å². The standard InChI is InChI=1S/C13H15N3O/c1-9-3-4-12(10(2)5-9)13(17)14-6-11-7-15-16-8-11/h3-5,7-8H,6H2,1-2H3,(H,14,17)(H,15,16). The molecule has 0 unspecified atom stereocenters. The molecule has 4 nitrogen and oxygen atoms in total. The Morgan fingerprint density at radius 2 is 2.24 bits per heavy atom. The molecule has 0 aliphatic heterocycles. The van der Waals surface area contributed by atoms with Crippen molar-refractivity contribution in [1.29, 1.82) is 0 Å². The quantitative estimate of drug-likeness (QED) is 0.845. The third kappa shape index (κ3) is 2.72. The van der Waals surface area contributed by atoms with Crippen molar-refractivity contribution in [3.63, 3.8) is 0 Å².